The van der Waals surface area contributed by atoms with Crippen molar-refractivity contribution in [3.63, 3.8) is 0 Å². The summed E-state index contributed by atoms with van der Waals surface area (Å²) in [6, 6.07) is 16.2. The molecule has 0 saturated heterocycles. The van der Waals surface area contributed by atoms with Crippen molar-refractivity contribution in [3.8, 4) is 11.4 Å². The van der Waals surface area contributed by atoms with Crippen LogP contribution in [-0.2, 0) is 6.54 Å². The maximum atomic E-state index is 5.90. The van der Waals surface area contributed by atoms with E-state index in [1.165, 1.54) is 5.52 Å². The Labute approximate surface area is 119 Å². The van der Waals surface area contributed by atoms with Gasteiger partial charge in [-0.25, -0.2) is 4.98 Å². The summed E-state index contributed by atoms with van der Waals surface area (Å²) in [5.41, 5.74) is 9.96. The second-order valence-electron chi connectivity index (χ2n) is 5.55. The molecule has 0 aliphatic carbocycles. The van der Waals surface area contributed by atoms with E-state index in [0.29, 0.717) is 5.92 Å². The largest absolute Gasteiger partial charge is 0.399 e. The van der Waals surface area contributed by atoms with Crippen LogP contribution in [0.4, 0.5) is 5.69 Å². The molecule has 3 heteroatoms. The second kappa shape index (κ2) is 5.00. The Hall–Kier alpha value is -2.29. The van der Waals surface area contributed by atoms with Gasteiger partial charge in [-0.05, 0) is 30.2 Å². The molecule has 0 spiro atoms. The van der Waals surface area contributed by atoms with Crippen molar-refractivity contribution >= 4 is 16.7 Å². The molecule has 1 heterocycles. The summed E-state index contributed by atoms with van der Waals surface area (Å²) < 4.78 is 2.29. The lowest BCUT2D eigenvalue weighted by atomic mass is 10.1. The number of nitrogen functional groups attached to an aromatic ring is 1. The fourth-order valence-corrected chi connectivity index (χ4v) is 2.52. The molecule has 0 atom stereocenters. The molecule has 0 saturated carbocycles. The summed E-state index contributed by atoms with van der Waals surface area (Å²) in [5, 5.41) is 0. The highest BCUT2D eigenvalue weighted by Gasteiger charge is 2.13. The van der Waals surface area contributed by atoms with Crippen LogP contribution in [0.3, 0.4) is 0 Å². The van der Waals surface area contributed by atoms with Gasteiger partial charge in [0.2, 0.25) is 0 Å². The molecule has 102 valence electrons. The van der Waals surface area contributed by atoms with E-state index in [1.807, 2.05) is 24.3 Å². The van der Waals surface area contributed by atoms with Gasteiger partial charge in [0.15, 0.2) is 0 Å². The zero-order valence-corrected chi connectivity index (χ0v) is 11.9. The Morgan fingerprint density at radius 3 is 2.65 bits per heavy atom. The molecule has 0 fully saturated rings. The molecular weight excluding hydrogens is 246 g/mol. The molecule has 2 N–H and O–H groups in total. The molecule has 3 nitrogen and oxygen atoms in total. The lowest BCUT2D eigenvalue weighted by molar-refractivity contribution is 0.536. The third kappa shape index (κ3) is 2.27. The maximum Gasteiger partial charge on any atom is 0.141 e. The van der Waals surface area contributed by atoms with Crippen molar-refractivity contribution in [2.75, 3.05) is 5.73 Å². The van der Waals surface area contributed by atoms with E-state index in [0.717, 1.165) is 29.1 Å². The van der Waals surface area contributed by atoms with E-state index in [2.05, 4.69) is 42.7 Å². The van der Waals surface area contributed by atoms with Crippen molar-refractivity contribution in [2.45, 2.75) is 20.4 Å². The van der Waals surface area contributed by atoms with Gasteiger partial charge in [0.05, 0.1) is 11.0 Å². The quantitative estimate of drug-likeness (QED) is 0.729. The van der Waals surface area contributed by atoms with Crippen LogP contribution in [0.1, 0.15) is 13.8 Å². The van der Waals surface area contributed by atoms with Crippen LogP contribution in [0.15, 0.2) is 48.5 Å². The number of nitrogens with zero attached hydrogens (tertiary/aromatic N) is 2. The van der Waals surface area contributed by atoms with Gasteiger partial charge in [0.1, 0.15) is 5.82 Å². The van der Waals surface area contributed by atoms with Crippen LogP contribution in [0.25, 0.3) is 22.4 Å². The summed E-state index contributed by atoms with van der Waals surface area (Å²) in [4.78, 5) is 4.78. The second-order valence-corrected chi connectivity index (χ2v) is 5.55. The number of anilines is 1. The van der Waals surface area contributed by atoms with Crippen molar-refractivity contribution < 1.29 is 0 Å². The van der Waals surface area contributed by atoms with Crippen molar-refractivity contribution in [1.29, 1.82) is 0 Å². The maximum absolute atomic E-state index is 5.90. The highest BCUT2D eigenvalue weighted by Crippen LogP contribution is 2.26. The average molecular weight is 265 g/mol. The minimum atomic E-state index is 0.562. The van der Waals surface area contributed by atoms with Crippen molar-refractivity contribution in [1.82, 2.24) is 9.55 Å². The Balaban J connectivity index is 2.23. The monoisotopic (exact) mass is 265 g/mol. The molecule has 0 aliphatic heterocycles. The summed E-state index contributed by atoms with van der Waals surface area (Å²) in [6.45, 7) is 5.39. The predicted molar refractivity (Wildman–Crippen MR) is 84.4 cm³/mol. The van der Waals surface area contributed by atoms with Gasteiger partial charge >= 0.3 is 0 Å². The minimum absolute atomic E-state index is 0.562. The molecule has 3 rings (SSSR count). The number of rotatable bonds is 3. The number of benzene rings is 2. The van der Waals surface area contributed by atoms with Crippen molar-refractivity contribution in [2.24, 2.45) is 5.92 Å². The lowest BCUT2D eigenvalue weighted by Gasteiger charge is -2.12. The standard InChI is InChI=1S/C17H19N3/c1-12(2)11-20-16-9-4-3-8-15(16)19-17(20)13-6-5-7-14(18)10-13/h3-10,12H,11,18H2,1-2H3. The summed E-state index contributed by atoms with van der Waals surface area (Å²) in [6.07, 6.45) is 0. The van der Waals surface area contributed by atoms with Crippen LogP contribution >= 0.6 is 0 Å². The first-order chi connectivity index (χ1) is 9.65. The van der Waals surface area contributed by atoms with E-state index < -0.39 is 0 Å². The molecule has 0 bridgehead atoms. The predicted octanol–water partition coefficient (Wildman–Crippen LogP) is 3.94. The van der Waals surface area contributed by atoms with Crippen LogP contribution in [0.2, 0.25) is 0 Å². The van der Waals surface area contributed by atoms with E-state index in [9.17, 15) is 0 Å². The first-order valence-corrected chi connectivity index (χ1v) is 6.96. The third-order valence-corrected chi connectivity index (χ3v) is 3.35. The van der Waals surface area contributed by atoms with Gasteiger partial charge in [-0.2, -0.15) is 0 Å². The average Bonchev–Trinajstić information content (AvgIpc) is 2.77. The topological polar surface area (TPSA) is 43.8 Å². The molecular formula is C17H19N3. The number of imidazole rings is 1. The van der Waals surface area contributed by atoms with E-state index in [1.54, 1.807) is 0 Å². The highest BCUT2D eigenvalue weighted by molar-refractivity contribution is 5.81. The summed E-state index contributed by atoms with van der Waals surface area (Å²) >= 11 is 0. The van der Waals surface area contributed by atoms with Gasteiger partial charge in [-0.15, -0.1) is 0 Å². The third-order valence-electron chi connectivity index (χ3n) is 3.35. The van der Waals surface area contributed by atoms with Gasteiger partial charge in [-0.1, -0.05) is 38.1 Å². The molecule has 1 aromatic heterocycles. The van der Waals surface area contributed by atoms with Crippen molar-refractivity contribution in [3.05, 3.63) is 48.5 Å². The molecule has 20 heavy (non-hydrogen) atoms. The number of nitrogens with two attached hydrogens (primary N) is 1. The van der Waals surface area contributed by atoms with E-state index >= 15 is 0 Å². The van der Waals surface area contributed by atoms with Gasteiger partial charge in [0, 0.05) is 17.8 Å². The normalized spacial score (nSPS) is 11.3. The molecule has 0 aliphatic rings. The lowest BCUT2D eigenvalue weighted by Crippen LogP contribution is -2.06. The first kappa shape index (κ1) is 12.7. The zero-order chi connectivity index (χ0) is 14.1. The summed E-state index contributed by atoms with van der Waals surface area (Å²) in [5.74, 6) is 1.56. The van der Waals surface area contributed by atoms with E-state index in [4.69, 9.17) is 10.7 Å². The molecule has 0 amide bonds. The molecule has 3 aromatic rings. The number of fused-ring (bicyclic) bond motifs is 1. The number of hydrogen-bond donors (Lipinski definition) is 1. The molecule has 0 radical (unpaired) electrons. The van der Waals surface area contributed by atoms with Crippen LogP contribution in [0.5, 0.6) is 0 Å². The van der Waals surface area contributed by atoms with Crippen LogP contribution in [-0.4, -0.2) is 9.55 Å². The Bertz CT molecular complexity index is 741. The minimum Gasteiger partial charge on any atom is -0.399 e. The number of hydrogen-bond acceptors (Lipinski definition) is 2. The Morgan fingerprint density at radius 2 is 1.90 bits per heavy atom. The number of aromatic nitrogens is 2. The van der Waals surface area contributed by atoms with Crippen LogP contribution in [0, 0.1) is 5.92 Å². The SMILES string of the molecule is CC(C)Cn1c(-c2cccc(N)c2)nc2ccccc21. The Kier molecular flexibility index (Phi) is 3.18. The highest BCUT2D eigenvalue weighted by atomic mass is 15.1. The van der Waals surface area contributed by atoms with Gasteiger partial charge < -0.3 is 10.3 Å². The molecule has 2 aromatic carbocycles. The zero-order valence-electron chi connectivity index (χ0n) is 11.9. The first-order valence-electron chi connectivity index (χ1n) is 6.96. The van der Waals surface area contributed by atoms with Crippen LogP contribution < -0.4 is 5.73 Å². The Morgan fingerprint density at radius 1 is 1.10 bits per heavy atom. The fraction of sp³-hybridized carbons (Fsp3) is 0.235. The van der Waals surface area contributed by atoms with Gasteiger partial charge in [0.25, 0.3) is 0 Å². The fourth-order valence-electron chi connectivity index (χ4n) is 2.52. The van der Waals surface area contributed by atoms with E-state index in [-0.39, 0.29) is 0 Å². The number of para-hydroxylation sites is 2. The molecule has 0 unspecified atom stereocenters. The smallest absolute Gasteiger partial charge is 0.141 e. The summed E-state index contributed by atoms with van der Waals surface area (Å²) in [7, 11) is 0. The van der Waals surface area contributed by atoms with Gasteiger partial charge in [-0.3, -0.25) is 0 Å².